The molecule has 0 bridgehead atoms. The van der Waals surface area contributed by atoms with Crippen LogP contribution in [-0.4, -0.2) is 48.3 Å². The smallest absolute Gasteiger partial charge is 0.323 e. The second-order valence-corrected chi connectivity index (χ2v) is 6.04. The molecule has 2 atom stereocenters. The van der Waals surface area contributed by atoms with Gasteiger partial charge in [0.05, 0.1) is 13.2 Å². The van der Waals surface area contributed by atoms with Gasteiger partial charge in [-0.15, -0.1) is 0 Å². The third-order valence-corrected chi connectivity index (χ3v) is 4.50. The average molecular weight is 332 g/mol. The lowest BCUT2D eigenvalue weighted by Gasteiger charge is -2.22. The van der Waals surface area contributed by atoms with Crippen LogP contribution in [0.25, 0.3) is 0 Å². The van der Waals surface area contributed by atoms with E-state index in [-0.39, 0.29) is 12.0 Å². The second kappa shape index (κ2) is 7.45. The summed E-state index contributed by atoms with van der Waals surface area (Å²) in [6.45, 7) is 1.19. The van der Waals surface area contributed by atoms with E-state index in [1.165, 1.54) is 7.11 Å². The minimum absolute atomic E-state index is 0.290. The van der Waals surface area contributed by atoms with Gasteiger partial charge in [0.2, 0.25) is 0 Å². The van der Waals surface area contributed by atoms with Crippen LogP contribution in [0.3, 0.4) is 0 Å². The number of carbonyl (C=O) groups excluding carboxylic acids is 1. The molecule has 4 nitrogen and oxygen atoms in total. The number of aliphatic hydroxyl groups excluding tert-OH is 1. The molecule has 1 saturated heterocycles. The molecule has 1 aliphatic heterocycles. The van der Waals surface area contributed by atoms with E-state index in [1.54, 1.807) is 0 Å². The van der Waals surface area contributed by atoms with Crippen LogP contribution in [0, 0.1) is 0 Å². The lowest BCUT2D eigenvalue weighted by Crippen LogP contribution is -2.37. The van der Waals surface area contributed by atoms with Gasteiger partial charge in [0.1, 0.15) is 6.04 Å². The Hall–Kier alpha value is -0.810. The topological polar surface area (TPSA) is 49.8 Å². The molecular formula is C15H19Cl2NO3. The molecule has 1 aliphatic rings. The summed E-state index contributed by atoms with van der Waals surface area (Å²) in [5.74, 6) is -0.290. The van der Waals surface area contributed by atoms with E-state index in [0.717, 1.165) is 18.4 Å². The van der Waals surface area contributed by atoms with Crippen LogP contribution in [0.4, 0.5) is 0 Å². The lowest BCUT2D eigenvalue weighted by atomic mass is 10.1. The molecule has 0 radical (unpaired) electrons. The fraction of sp³-hybridized carbons (Fsp3) is 0.533. The Balaban J connectivity index is 1.92. The standard InChI is InChI=1S/C15H19Cl2NO3/c1-21-15(20)14-8-10(19)9-18(14)7-3-4-11-12(16)5-2-6-13(11)17/h2,5-6,10,14,19H,3-4,7-9H2,1H3/t10-,14-/m0/s1. The second-order valence-electron chi connectivity index (χ2n) is 5.23. The van der Waals surface area contributed by atoms with E-state index < -0.39 is 6.10 Å². The highest BCUT2D eigenvalue weighted by atomic mass is 35.5. The Bertz CT molecular complexity index is 489. The van der Waals surface area contributed by atoms with Crippen molar-refractivity contribution in [3.05, 3.63) is 33.8 Å². The number of aliphatic hydroxyl groups is 1. The largest absolute Gasteiger partial charge is 0.468 e. The van der Waals surface area contributed by atoms with Gasteiger partial charge in [0.25, 0.3) is 0 Å². The summed E-state index contributed by atoms with van der Waals surface area (Å²) in [6, 6.07) is 5.10. The summed E-state index contributed by atoms with van der Waals surface area (Å²) in [5.41, 5.74) is 0.926. The van der Waals surface area contributed by atoms with Crippen LogP contribution in [0.15, 0.2) is 18.2 Å². The number of rotatable bonds is 5. The molecule has 1 aromatic carbocycles. The Morgan fingerprint density at radius 2 is 2.10 bits per heavy atom. The summed E-state index contributed by atoms with van der Waals surface area (Å²) in [5, 5.41) is 11.0. The zero-order valence-electron chi connectivity index (χ0n) is 11.9. The van der Waals surface area contributed by atoms with Gasteiger partial charge in [-0.1, -0.05) is 29.3 Å². The molecule has 0 amide bonds. The quantitative estimate of drug-likeness (QED) is 0.842. The van der Waals surface area contributed by atoms with E-state index in [0.29, 0.717) is 29.6 Å². The Morgan fingerprint density at radius 3 is 2.71 bits per heavy atom. The summed E-state index contributed by atoms with van der Waals surface area (Å²) in [4.78, 5) is 13.7. The minimum Gasteiger partial charge on any atom is -0.468 e. The molecule has 0 unspecified atom stereocenters. The number of benzene rings is 1. The summed E-state index contributed by atoms with van der Waals surface area (Å²) < 4.78 is 4.78. The highest BCUT2D eigenvalue weighted by molar-refractivity contribution is 6.35. The van der Waals surface area contributed by atoms with Crippen molar-refractivity contribution in [2.45, 2.75) is 31.4 Å². The van der Waals surface area contributed by atoms with Crippen LogP contribution in [0.2, 0.25) is 10.0 Å². The molecule has 1 aromatic rings. The number of carbonyl (C=O) groups is 1. The molecular weight excluding hydrogens is 313 g/mol. The number of esters is 1. The van der Waals surface area contributed by atoms with E-state index in [9.17, 15) is 9.90 Å². The summed E-state index contributed by atoms with van der Waals surface area (Å²) in [7, 11) is 1.37. The Labute approximate surface area is 134 Å². The molecule has 0 spiro atoms. The first-order valence-electron chi connectivity index (χ1n) is 6.95. The maximum atomic E-state index is 11.7. The third-order valence-electron chi connectivity index (χ3n) is 3.79. The highest BCUT2D eigenvalue weighted by Crippen LogP contribution is 2.26. The molecule has 1 fully saturated rings. The number of hydrogen-bond acceptors (Lipinski definition) is 4. The molecule has 116 valence electrons. The fourth-order valence-corrected chi connectivity index (χ4v) is 3.32. The first-order chi connectivity index (χ1) is 10.0. The molecule has 1 N–H and O–H groups in total. The van der Waals surface area contributed by atoms with Crippen LogP contribution in [0.1, 0.15) is 18.4 Å². The van der Waals surface area contributed by atoms with Crippen LogP contribution < -0.4 is 0 Å². The Morgan fingerprint density at radius 1 is 1.43 bits per heavy atom. The minimum atomic E-state index is -0.474. The van der Waals surface area contributed by atoms with Crippen molar-refractivity contribution in [3.63, 3.8) is 0 Å². The molecule has 2 rings (SSSR count). The monoisotopic (exact) mass is 331 g/mol. The van der Waals surface area contributed by atoms with Gasteiger partial charge in [0, 0.05) is 23.0 Å². The number of nitrogens with zero attached hydrogens (tertiary/aromatic N) is 1. The van der Waals surface area contributed by atoms with Crippen molar-refractivity contribution in [3.8, 4) is 0 Å². The summed E-state index contributed by atoms with van der Waals surface area (Å²) in [6.07, 6.45) is 1.50. The average Bonchev–Trinajstić information content (AvgIpc) is 2.82. The van der Waals surface area contributed by atoms with E-state index >= 15 is 0 Å². The van der Waals surface area contributed by atoms with E-state index in [1.807, 2.05) is 23.1 Å². The molecule has 6 heteroatoms. The zero-order valence-corrected chi connectivity index (χ0v) is 13.4. The van der Waals surface area contributed by atoms with Gasteiger partial charge in [-0.2, -0.15) is 0 Å². The maximum absolute atomic E-state index is 11.7. The first kappa shape index (κ1) is 16.6. The van der Waals surface area contributed by atoms with Crippen molar-refractivity contribution >= 4 is 29.2 Å². The van der Waals surface area contributed by atoms with Gasteiger partial charge in [0.15, 0.2) is 0 Å². The van der Waals surface area contributed by atoms with Crippen LogP contribution in [-0.2, 0) is 16.0 Å². The van der Waals surface area contributed by atoms with E-state index in [2.05, 4.69) is 0 Å². The van der Waals surface area contributed by atoms with Crippen molar-refractivity contribution < 1.29 is 14.6 Å². The molecule has 0 aromatic heterocycles. The number of ether oxygens (including phenoxy) is 1. The summed E-state index contributed by atoms with van der Waals surface area (Å²) >= 11 is 12.3. The third kappa shape index (κ3) is 4.10. The van der Waals surface area contributed by atoms with Gasteiger partial charge in [-0.25, -0.2) is 0 Å². The van der Waals surface area contributed by atoms with E-state index in [4.69, 9.17) is 27.9 Å². The lowest BCUT2D eigenvalue weighted by molar-refractivity contribution is -0.145. The predicted octanol–water partition coefficient (Wildman–Crippen LogP) is 2.53. The number of likely N-dealkylation sites (tertiary alicyclic amines) is 1. The Kier molecular flexibility index (Phi) is 5.88. The normalized spacial score (nSPS) is 22.5. The molecule has 1 heterocycles. The number of β-amino-alcohol motifs (C(OH)–C–C–N with tert-alkyl or cyclic N) is 1. The van der Waals surface area contributed by atoms with Gasteiger partial charge in [-0.3, -0.25) is 9.69 Å². The van der Waals surface area contributed by atoms with Crippen molar-refractivity contribution in [1.29, 1.82) is 0 Å². The number of methoxy groups -OCH3 is 1. The van der Waals surface area contributed by atoms with Crippen molar-refractivity contribution in [1.82, 2.24) is 4.90 Å². The van der Waals surface area contributed by atoms with Crippen LogP contribution in [0.5, 0.6) is 0 Å². The van der Waals surface area contributed by atoms with Crippen molar-refractivity contribution in [2.24, 2.45) is 0 Å². The molecule has 21 heavy (non-hydrogen) atoms. The SMILES string of the molecule is COC(=O)[C@@H]1C[C@H](O)CN1CCCc1c(Cl)cccc1Cl. The zero-order chi connectivity index (χ0) is 15.4. The van der Waals surface area contributed by atoms with Gasteiger partial charge >= 0.3 is 5.97 Å². The highest BCUT2D eigenvalue weighted by Gasteiger charge is 2.36. The number of hydrogen-bond donors (Lipinski definition) is 1. The molecule has 0 saturated carbocycles. The molecule has 0 aliphatic carbocycles. The fourth-order valence-electron chi connectivity index (χ4n) is 2.74. The first-order valence-corrected chi connectivity index (χ1v) is 7.71. The maximum Gasteiger partial charge on any atom is 0.323 e. The van der Waals surface area contributed by atoms with Gasteiger partial charge in [-0.05, 0) is 37.1 Å². The van der Waals surface area contributed by atoms with Gasteiger partial charge < -0.3 is 9.84 Å². The number of halogens is 2. The van der Waals surface area contributed by atoms with Crippen molar-refractivity contribution in [2.75, 3.05) is 20.2 Å². The van der Waals surface area contributed by atoms with Crippen LogP contribution >= 0.6 is 23.2 Å². The predicted molar refractivity (Wildman–Crippen MR) is 82.8 cm³/mol.